The van der Waals surface area contributed by atoms with E-state index in [1.54, 1.807) is 6.07 Å². The van der Waals surface area contributed by atoms with Crippen LogP contribution in [0.5, 0.6) is 0 Å². The summed E-state index contributed by atoms with van der Waals surface area (Å²) in [5.74, 6) is -0.901. The Labute approximate surface area is 132 Å². The molecule has 22 heavy (non-hydrogen) atoms. The Morgan fingerprint density at radius 2 is 2.05 bits per heavy atom. The quantitative estimate of drug-likeness (QED) is 0.857. The minimum absolute atomic E-state index is 0.137. The van der Waals surface area contributed by atoms with Crippen molar-refractivity contribution < 1.29 is 14.4 Å². The molecule has 0 aliphatic carbocycles. The molecule has 1 unspecified atom stereocenters. The first-order valence-electron chi connectivity index (χ1n) is 7.29. The lowest BCUT2D eigenvalue weighted by Gasteiger charge is -2.21. The fourth-order valence-electron chi connectivity index (χ4n) is 3.19. The standard InChI is InChI=1S/C15H14ClN3O3/c16-12-10(19-5-1-2-6-19)4-3-8-11(12)13(20)9-7-22-18-14(9)17-15(8)21/h3-4,9H,1-2,5-7H2,(H,17,18,21). The van der Waals surface area contributed by atoms with Gasteiger partial charge in [-0.1, -0.05) is 16.8 Å². The summed E-state index contributed by atoms with van der Waals surface area (Å²) in [5.41, 5.74) is 1.40. The van der Waals surface area contributed by atoms with E-state index in [0.29, 0.717) is 10.6 Å². The van der Waals surface area contributed by atoms with Crippen molar-refractivity contribution in [2.75, 3.05) is 24.6 Å². The van der Waals surface area contributed by atoms with Crippen LogP contribution in [0.25, 0.3) is 0 Å². The van der Waals surface area contributed by atoms with Gasteiger partial charge < -0.3 is 15.1 Å². The molecule has 3 aliphatic rings. The fourth-order valence-corrected chi connectivity index (χ4v) is 3.57. The molecule has 114 valence electrons. The lowest BCUT2D eigenvalue weighted by atomic mass is 9.95. The third-order valence-corrected chi connectivity index (χ3v) is 4.73. The van der Waals surface area contributed by atoms with Crippen LogP contribution >= 0.6 is 11.6 Å². The molecule has 1 saturated heterocycles. The third kappa shape index (κ3) is 1.90. The minimum Gasteiger partial charge on any atom is -0.393 e. The number of anilines is 1. The van der Waals surface area contributed by atoms with E-state index in [4.69, 9.17) is 16.4 Å². The molecule has 0 aromatic heterocycles. The van der Waals surface area contributed by atoms with Gasteiger partial charge >= 0.3 is 0 Å². The van der Waals surface area contributed by atoms with Crippen molar-refractivity contribution in [3.05, 3.63) is 28.3 Å². The maximum Gasteiger partial charge on any atom is 0.257 e. The predicted octanol–water partition coefficient (Wildman–Crippen LogP) is 1.83. The molecule has 3 heterocycles. The van der Waals surface area contributed by atoms with Gasteiger partial charge in [-0.05, 0) is 25.0 Å². The number of halogens is 1. The number of nitrogens with zero attached hydrogens (tertiary/aromatic N) is 2. The number of amides is 1. The van der Waals surface area contributed by atoms with Gasteiger partial charge in [0, 0.05) is 13.1 Å². The van der Waals surface area contributed by atoms with E-state index < -0.39 is 5.92 Å². The molecule has 0 spiro atoms. The molecule has 0 bridgehead atoms. The van der Waals surface area contributed by atoms with E-state index in [9.17, 15) is 9.59 Å². The number of ketones is 1. The van der Waals surface area contributed by atoms with Crippen LogP contribution in [0, 0.1) is 5.92 Å². The van der Waals surface area contributed by atoms with Crippen LogP contribution in [0.15, 0.2) is 17.3 Å². The van der Waals surface area contributed by atoms with Crippen LogP contribution in [0.4, 0.5) is 5.69 Å². The average Bonchev–Trinajstić information content (AvgIpc) is 3.15. The highest BCUT2D eigenvalue weighted by Crippen LogP contribution is 2.36. The van der Waals surface area contributed by atoms with E-state index in [1.165, 1.54) is 0 Å². The first kappa shape index (κ1) is 13.6. The first-order valence-corrected chi connectivity index (χ1v) is 7.67. The van der Waals surface area contributed by atoms with Crippen molar-refractivity contribution >= 4 is 34.8 Å². The number of nitrogens with one attached hydrogen (secondary N) is 1. The zero-order chi connectivity index (χ0) is 15.3. The van der Waals surface area contributed by atoms with Gasteiger partial charge in [-0.2, -0.15) is 0 Å². The topological polar surface area (TPSA) is 71.0 Å². The van der Waals surface area contributed by atoms with Crippen molar-refractivity contribution in [2.24, 2.45) is 11.1 Å². The highest BCUT2D eigenvalue weighted by atomic mass is 35.5. The molecule has 1 N–H and O–H groups in total. The zero-order valence-electron chi connectivity index (χ0n) is 11.8. The molecule has 7 heteroatoms. The van der Waals surface area contributed by atoms with Crippen LogP contribution in [-0.2, 0) is 4.84 Å². The van der Waals surface area contributed by atoms with Gasteiger partial charge in [-0.15, -0.1) is 0 Å². The number of amidine groups is 1. The molecule has 0 saturated carbocycles. The second-order valence-electron chi connectivity index (χ2n) is 5.66. The summed E-state index contributed by atoms with van der Waals surface area (Å²) in [6.45, 7) is 1.97. The molecule has 1 aromatic carbocycles. The van der Waals surface area contributed by atoms with E-state index in [1.807, 2.05) is 6.07 Å². The van der Waals surface area contributed by atoms with Gasteiger partial charge in [0.25, 0.3) is 5.91 Å². The average molecular weight is 320 g/mol. The number of benzene rings is 1. The van der Waals surface area contributed by atoms with E-state index in [-0.39, 0.29) is 29.7 Å². The van der Waals surface area contributed by atoms with E-state index in [0.717, 1.165) is 31.6 Å². The number of hydrogen-bond acceptors (Lipinski definition) is 5. The number of carbonyl (C=O) groups excluding carboxylic acids is 2. The second kappa shape index (κ2) is 4.98. The molecule has 3 aliphatic heterocycles. The Morgan fingerprint density at radius 3 is 2.82 bits per heavy atom. The molecule has 1 amide bonds. The van der Waals surface area contributed by atoms with Crippen LogP contribution in [0.1, 0.15) is 33.6 Å². The molecule has 1 fully saturated rings. The van der Waals surface area contributed by atoms with E-state index >= 15 is 0 Å². The highest BCUT2D eigenvalue weighted by Gasteiger charge is 2.39. The Kier molecular flexibility index (Phi) is 3.07. The van der Waals surface area contributed by atoms with Gasteiger partial charge in [0.05, 0.1) is 21.8 Å². The smallest absolute Gasteiger partial charge is 0.257 e. The predicted molar refractivity (Wildman–Crippen MR) is 81.6 cm³/mol. The summed E-state index contributed by atoms with van der Waals surface area (Å²) in [7, 11) is 0. The van der Waals surface area contributed by atoms with Crippen molar-refractivity contribution in [2.45, 2.75) is 12.8 Å². The van der Waals surface area contributed by atoms with Gasteiger partial charge in [-0.25, -0.2) is 0 Å². The van der Waals surface area contributed by atoms with Gasteiger partial charge in [0.15, 0.2) is 11.6 Å². The minimum atomic E-state index is -0.587. The van der Waals surface area contributed by atoms with E-state index in [2.05, 4.69) is 15.4 Å². The number of rotatable bonds is 1. The summed E-state index contributed by atoms with van der Waals surface area (Å²) < 4.78 is 0. The normalized spacial score (nSPS) is 23.4. The Balaban J connectivity index is 1.86. The summed E-state index contributed by atoms with van der Waals surface area (Å²) in [5, 5.41) is 6.73. The lowest BCUT2D eigenvalue weighted by molar-refractivity contribution is 0.0881. The van der Waals surface area contributed by atoms with Crippen LogP contribution < -0.4 is 10.2 Å². The Morgan fingerprint density at radius 1 is 1.27 bits per heavy atom. The Bertz CT molecular complexity index is 710. The summed E-state index contributed by atoms with van der Waals surface area (Å²) in [6, 6.07) is 3.49. The number of Topliss-reactive ketones (excluding diaryl/α,β-unsaturated/α-hetero) is 1. The largest absolute Gasteiger partial charge is 0.393 e. The first-order chi connectivity index (χ1) is 10.7. The summed E-state index contributed by atoms with van der Waals surface area (Å²) >= 11 is 6.51. The lowest BCUT2D eigenvalue weighted by Crippen LogP contribution is -2.34. The maximum absolute atomic E-state index is 12.8. The van der Waals surface area contributed by atoms with Crippen LogP contribution in [0.2, 0.25) is 5.02 Å². The monoisotopic (exact) mass is 319 g/mol. The fraction of sp³-hybridized carbons (Fsp3) is 0.400. The van der Waals surface area contributed by atoms with Gasteiger partial charge in [0.2, 0.25) is 0 Å². The third-order valence-electron chi connectivity index (χ3n) is 4.35. The van der Waals surface area contributed by atoms with Crippen molar-refractivity contribution in [1.29, 1.82) is 0 Å². The number of oxime groups is 1. The molecule has 6 nitrogen and oxygen atoms in total. The summed E-state index contributed by atoms with van der Waals surface area (Å²) in [4.78, 5) is 32.2. The highest BCUT2D eigenvalue weighted by molar-refractivity contribution is 6.39. The van der Waals surface area contributed by atoms with Crippen LogP contribution in [-0.4, -0.2) is 37.2 Å². The summed E-state index contributed by atoms with van der Waals surface area (Å²) in [6.07, 6.45) is 2.21. The second-order valence-corrected chi connectivity index (χ2v) is 6.04. The van der Waals surface area contributed by atoms with Crippen molar-refractivity contribution in [3.63, 3.8) is 0 Å². The van der Waals surface area contributed by atoms with Crippen molar-refractivity contribution in [3.8, 4) is 0 Å². The number of carbonyl (C=O) groups is 2. The number of hydrogen-bond donors (Lipinski definition) is 1. The number of fused-ring (bicyclic) bond motifs is 2. The van der Waals surface area contributed by atoms with Crippen LogP contribution in [0.3, 0.4) is 0 Å². The molecule has 1 atom stereocenters. The SMILES string of the molecule is O=C1NC2=NOCC2C(=O)c2c1ccc(N1CCCC1)c2Cl. The van der Waals surface area contributed by atoms with Gasteiger partial charge in [-0.3, -0.25) is 9.59 Å². The Hall–Kier alpha value is -2.08. The molecular weight excluding hydrogens is 306 g/mol. The molecule has 0 radical (unpaired) electrons. The molecule has 4 rings (SSSR count). The van der Waals surface area contributed by atoms with Crippen molar-refractivity contribution in [1.82, 2.24) is 5.32 Å². The zero-order valence-corrected chi connectivity index (χ0v) is 12.5. The van der Waals surface area contributed by atoms with Gasteiger partial charge in [0.1, 0.15) is 12.5 Å². The maximum atomic E-state index is 12.8. The molecular formula is C15H14ClN3O3. The molecule has 1 aromatic rings.